The summed E-state index contributed by atoms with van der Waals surface area (Å²) in [5.74, 6) is 0.593. The zero-order chi connectivity index (χ0) is 17.8. The first-order chi connectivity index (χ1) is 12.6. The number of aromatic nitrogens is 2. The van der Waals surface area contributed by atoms with Crippen LogP contribution < -0.4 is 10.6 Å². The van der Waals surface area contributed by atoms with E-state index in [4.69, 9.17) is 5.73 Å². The van der Waals surface area contributed by atoms with E-state index in [1.54, 1.807) is 12.3 Å². The minimum atomic E-state index is -0.522. The molecule has 2 bridgehead atoms. The van der Waals surface area contributed by atoms with Gasteiger partial charge in [0.15, 0.2) is 0 Å². The van der Waals surface area contributed by atoms with Crippen LogP contribution in [0.25, 0.3) is 0 Å². The second-order valence-corrected chi connectivity index (χ2v) is 7.60. The number of nitrogen functional groups attached to an aromatic ring is 1. The van der Waals surface area contributed by atoms with E-state index in [0.717, 1.165) is 37.6 Å². The van der Waals surface area contributed by atoms with Crippen LogP contribution in [-0.2, 0) is 0 Å². The number of hydrogen-bond donors (Lipinski definition) is 1. The van der Waals surface area contributed by atoms with Crippen LogP contribution in [0.15, 0.2) is 30.5 Å². The van der Waals surface area contributed by atoms with E-state index in [1.165, 1.54) is 12.1 Å². The maximum absolute atomic E-state index is 13.9. The summed E-state index contributed by atoms with van der Waals surface area (Å²) >= 11 is 0. The molecule has 5 nitrogen and oxygen atoms in total. The number of benzene rings is 1. The average Bonchev–Trinajstić information content (AvgIpc) is 3.05. The third-order valence-corrected chi connectivity index (χ3v) is 6.23. The van der Waals surface area contributed by atoms with Crippen molar-refractivity contribution < 1.29 is 8.78 Å². The van der Waals surface area contributed by atoms with E-state index in [9.17, 15) is 8.78 Å². The molecule has 0 aliphatic carbocycles. The highest BCUT2D eigenvalue weighted by atomic mass is 19.1. The van der Waals surface area contributed by atoms with Crippen molar-refractivity contribution in [1.82, 2.24) is 14.9 Å². The summed E-state index contributed by atoms with van der Waals surface area (Å²) in [5, 5.41) is 0. The van der Waals surface area contributed by atoms with E-state index in [-0.39, 0.29) is 18.0 Å². The van der Waals surface area contributed by atoms with Crippen LogP contribution in [0.2, 0.25) is 0 Å². The van der Waals surface area contributed by atoms with Crippen LogP contribution in [0.3, 0.4) is 0 Å². The van der Waals surface area contributed by atoms with Gasteiger partial charge >= 0.3 is 0 Å². The predicted octanol–water partition coefficient (Wildman–Crippen LogP) is 2.40. The quantitative estimate of drug-likeness (QED) is 0.894. The number of piperidine rings is 3. The Kier molecular flexibility index (Phi) is 3.60. The summed E-state index contributed by atoms with van der Waals surface area (Å²) in [7, 11) is 0. The van der Waals surface area contributed by atoms with Crippen molar-refractivity contribution >= 4 is 11.8 Å². The van der Waals surface area contributed by atoms with Crippen LogP contribution in [0.4, 0.5) is 20.5 Å². The molecule has 4 saturated heterocycles. The number of nitrogens with two attached hydrogens (primary N) is 1. The molecule has 4 aliphatic rings. The second-order valence-electron chi connectivity index (χ2n) is 7.60. The lowest BCUT2D eigenvalue weighted by atomic mass is 9.75. The first kappa shape index (κ1) is 15.9. The number of anilines is 2. The van der Waals surface area contributed by atoms with Gasteiger partial charge in [-0.2, -0.15) is 4.98 Å². The summed E-state index contributed by atoms with van der Waals surface area (Å²) in [4.78, 5) is 13.5. The van der Waals surface area contributed by atoms with Crippen molar-refractivity contribution in [3.8, 4) is 0 Å². The van der Waals surface area contributed by atoms with Crippen molar-refractivity contribution in [3.05, 3.63) is 47.7 Å². The fourth-order valence-corrected chi connectivity index (χ4v) is 5.23. The van der Waals surface area contributed by atoms with Gasteiger partial charge in [-0.25, -0.2) is 13.8 Å². The lowest BCUT2D eigenvalue weighted by Gasteiger charge is -2.51. The van der Waals surface area contributed by atoms with Gasteiger partial charge in [-0.3, -0.25) is 4.90 Å². The summed E-state index contributed by atoms with van der Waals surface area (Å²) in [6.07, 6.45) is 3.96. The topological polar surface area (TPSA) is 58.3 Å². The molecule has 6 rings (SSSR count). The van der Waals surface area contributed by atoms with Crippen LogP contribution in [0, 0.1) is 17.6 Å². The average molecular weight is 357 g/mol. The summed E-state index contributed by atoms with van der Waals surface area (Å²) in [6.45, 7) is 2.74. The molecule has 0 spiro atoms. The molecule has 4 aliphatic heterocycles. The SMILES string of the molecule is Nc1ccnc(N2C[C@H](c3cc(F)cc(F)c3)[C@@H]3[C@H]2C2CCN3CC2)n1. The molecule has 0 unspecified atom stereocenters. The zero-order valence-corrected chi connectivity index (χ0v) is 14.4. The Labute approximate surface area is 150 Å². The first-order valence-electron chi connectivity index (χ1n) is 9.15. The maximum atomic E-state index is 13.9. The highest BCUT2D eigenvalue weighted by Crippen LogP contribution is 2.47. The Bertz CT molecular complexity index is 816. The van der Waals surface area contributed by atoms with Crippen LogP contribution in [0.5, 0.6) is 0 Å². The van der Waals surface area contributed by atoms with Crippen LogP contribution >= 0.6 is 0 Å². The zero-order valence-electron chi connectivity index (χ0n) is 14.4. The minimum absolute atomic E-state index is 0.0262. The van der Waals surface area contributed by atoms with Gasteiger partial charge in [-0.05, 0) is 55.6 Å². The third-order valence-electron chi connectivity index (χ3n) is 6.23. The number of rotatable bonds is 2. The van der Waals surface area contributed by atoms with Crippen molar-refractivity contribution in [3.63, 3.8) is 0 Å². The fourth-order valence-electron chi connectivity index (χ4n) is 5.23. The summed E-state index contributed by atoms with van der Waals surface area (Å²) in [5.41, 5.74) is 6.59. The lowest BCUT2D eigenvalue weighted by Crippen LogP contribution is -2.60. The molecule has 2 N–H and O–H groups in total. The summed E-state index contributed by atoms with van der Waals surface area (Å²) < 4.78 is 27.7. The van der Waals surface area contributed by atoms with Gasteiger partial charge in [0.05, 0.1) is 6.04 Å². The summed E-state index contributed by atoms with van der Waals surface area (Å²) in [6, 6.07) is 6.04. The molecule has 1 aromatic carbocycles. The number of halogens is 2. The molecule has 26 heavy (non-hydrogen) atoms. The minimum Gasteiger partial charge on any atom is -0.384 e. The molecule has 0 amide bonds. The molecule has 136 valence electrons. The molecule has 4 fully saturated rings. The Balaban J connectivity index is 1.58. The monoisotopic (exact) mass is 357 g/mol. The van der Waals surface area contributed by atoms with Crippen molar-refractivity contribution in [2.24, 2.45) is 5.92 Å². The molecule has 7 heteroatoms. The molecule has 0 radical (unpaired) electrons. The van der Waals surface area contributed by atoms with E-state index in [0.29, 0.717) is 24.2 Å². The molecular weight excluding hydrogens is 336 g/mol. The van der Waals surface area contributed by atoms with E-state index in [2.05, 4.69) is 19.8 Å². The lowest BCUT2D eigenvalue weighted by molar-refractivity contribution is 0.0352. The Morgan fingerprint density at radius 3 is 2.46 bits per heavy atom. The molecule has 5 heterocycles. The van der Waals surface area contributed by atoms with Gasteiger partial charge in [-0.1, -0.05) is 0 Å². The normalized spacial score (nSPS) is 32.7. The van der Waals surface area contributed by atoms with Gasteiger partial charge < -0.3 is 10.6 Å². The van der Waals surface area contributed by atoms with Crippen molar-refractivity contribution in [2.45, 2.75) is 30.8 Å². The molecule has 3 atom stereocenters. The number of hydrogen-bond acceptors (Lipinski definition) is 5. The van der Waals surface area contributed by atoms with Gasteiger partial charge in [0.2, 0.25) is 5.95 Å². The third kappa shape index (κ3) is 2.45. The van der Waals surface area contributed by atoms with Crippen LogP contribution in [0.1, 0.15) is 24.3 Å². The highest BCUT2D eigenvalue weighted by molar-refractivity contribution is 5.45. The van der Waals surface area contributed by atoms with E-state index >= 15 is 0 Å². The largest absolute Gasteiger partial charge is 0.384 e. The molecule has 0 saturated carbocycles. The second kappa shape index (κ2) is 5.87. The molecule has 2 aromatic rings. The van der Waals surface area contributed by atoms with Crippen molar-refractivity contribution in [1.29, 1.82) is 0 Å². The Hall–Kier alpha value is -2.28. The Morgan fingerprint density at radius 2 is 1.77 bits per heavy atom. The highest BCUT2D eigenvalue weighted by Gasteiger charge is 2.54. The van der Waals surface area contributed by atoms with Gasteiger partial charge in [0.25, 0.3) is 0 Å². The number of nitrogens with zero attached hydrogens (tertiary/aromatic N) is 4. The van der Waals surface area contributed by atoms with Gasteiger partial charge in [0, 0.05) is 30.8 Å². The van der Waals surface area contributed by atoms with Gasteiger partial charge in [0.1, 0.15) is 17.5 Å². The van der Waals surface area contributed by atoms with Gasteiger partial charge in [-0.15, -0.1) is 0 Å². The Morgan fingerprint density at radius 1 is 1.04 bits per heavy atom. The van der Waals surface area contributed by atoms with E-state index in [1.807, 2.05) is 0 Å². The standard InChI is InChI=1S/C19H21F2N5/c20-13-7-12(8-14(21)9-13)15-10-26(19-23-4-1-16(22)24-19)17-11-2-5-25(6-3-11)18(15)17/h1,4,7-9,11,15,17-18H,2-3,5-6,10H2,(H2,22,23,24)/t15-,17-,18-/m1/s1. The van der Waals surface area contributed by atoms with E-state index < -0.39 is 11.6 Å². The maximum Gasteiger partial charge on any atom is 0.227 e. The molecule has 1 aromatic heterocycles. The molecular formula is C19H21F2N5. The van der Waals surface area contributed by atoms with Crippen LogP contribution in [-0.4, -0.2) is 46.6 Å². The predicted molar refractivity (Wildman–Crippen MR) is 94.8 cm³/mol. The van der Waals surface area contributed by atoms with Crippen molar-refractivity contribution in [2.75, 3.05) is 30.3 Å². The fraction of sp³-hybridized carbons (Fsp3) is 0.474. The number of fused-ring (bicyclic) bond motifs is 2. The smallest absolute Gasteiger partial charge is 0.227 e. The first-order valence-corrected chi connectivity index (χ1v) is 9.15.